The summed E-state index contributed by atoms with van der Waals surface area (Å²) in [6, 6.07) is 42.8. The molecule has 2 unspecified atom stereocenters. The van der Waals surface area contributed by atoms with Crippen molar-refractivity contribution in [2.24, 2.45) is 23.7 Å². The van der Waals surface area contributed by atoms with E-state index >= 15 is 0 Å². The lowest BCUT2D eigenvalue weighted by Crippen LogP contribution is -2.26. The summed E-state index contributed by atoms with van der Waals surface area (Å²) < 4.78 is 29.5. The molecule has 12 heteroatoms. The Kier molecular flexibility index (Phi) is 19.9. The van der Waals surface area contributed by atoms with Crippen molar-refractivity contribution in [1.29, 1.82) is 0 Å². The SMILES string of the molecule is CCC1CCC(Oc2cc(O)c3cc2C(c2ccc(O)cc2)c2cc(c(OC4CCC(CC)CC4)cc2O)C(c2ccc(O)cc2)c2cc(c(O)cc2OC2CCC(CC)CC2)C(c2ccc(O)cc2)c2cc(c(O)cc2OC2CCC(CC)CC2)C3c2ccc(O)cc2)CC1. The van der Waals surface area contributed by atoms with Gasteiger partial charge in [0, 0.05) is 92.4 Å². The number of fused-ring (bicyclic) bond motifs is 8. The number of aromatic hydroxyl groups is 8. The zero-order valence-corrected chi connectivity index (χ0v) is 56.1. The Balaban J connectivity index is 1.17. The second kappa shape index (κ2) is 29.0. The normalized spacial score (nSPS) is 25.1. The van der Waals surface area contributed by atoms with Gasteiger partial charge in [-0.15, -0.1) is 0 Å². The highest BCUT2D eigenvalue weighted by atomic mass is 16.5. The van der Waals surface area contributed by atoms with E-state index in [0.717, 1.165) is 134 Å². The Hall–Kier alpha value is -8.64. The fourth-order valence-electron chi connectivity index (χ4n) is 16.8. The van der Waals surface area contributed by atoms with E-state index in [1.54, 1.807) is 84.9 Å². The maximum Gasteiger partial charge on any atom is 0.127 e. The number of hydrogen-bond donors (Lipinski definition) is 8. The van der Waals surface area contributed by atoms with Crippen LogP contribution in [-0.2, 0) is 0 Å². The summed E-state index contributed by atoms with van der Waals surface area (Å²) in [5.41, 5.74) is 7.00. The Morgan fingerprint density at radius 2 is 0.417 bits per heavy atom. The van der Waals surface area contributed by atoms with Gasteiger partial charge >= 0.3 is 0 Å². The second-order valence-corrected chi connectivity index (χ2v) is 28.6. The summed E-state index contributed by atoms with van der Waals surface area (Å²) >= 11 is 0. The lowest BCUT2D eigenvalue weighted by atomic mass is 9.75. The third-order valence-electron chi connectivity index (χ3n) is 22.7. The van der Waals surface area contributed by atoms with E-state index in [9.17, 15) is 40.9 Å². The molecule has 13 rings (SSSR count). The van der Waals surface area contributed by atoms with Crippen LogP contribution in [0, 0.1) is 23.7 Å². The smallest absolute Gasteiger partial charge is 0.127 e. The lowest BCUT2D eigenvalue weighted by molar-refractivity contribution is 0.127. The van der Waals surface area contributed by atoms with Crippen molar-refractivity contribution in [2.75, 3.05) is 0 Å². The third kappa shape index (κ3) is 14.1. The van der Waals surface area contributed by atoms with Gasteiger partial charge in [0.15, 0.2) is 0 Å². The average Bonchev–Trinajstić information content (AvgIpc) is 0.740. The van der Waals surface area contributed by atoms with Gasteiger partial charge in [-0.25, -0.2) is 0 Å². The monoisotopic (exact) mass is 1300 g/mol. The van der Waals surface area contributed by atoms with E-state index in [0.29, 0.717) is 108 Å². The van der Waals surface area contributed by atoms with Gasteiger partial charge in [0.2, 0.25) is 0 Å². The minimum absolute atomic E-state index is 0.0231. The zero-order chi connectivity index (χ0) is 66.7. The summed E-state index contributed by atoms with van der Waals surface area (Å²) in [4.78, 5) is 0. The van der Waals surface area contributed by atoms with Crippen LogP contribution in [0.1, 0.15) is 247 Å². The molecule has 5 aliphatic rings. The van der Waals surface area contributed by atoms with Crippen LogP contribution in [0.2, 0.25) is 0 Å². The number of phenols is 8. The molecule has 12 nitrogen and oxygen atoms in total. The largest absolute Gasteiger partial charge is 0.508 e. The molecular formula is C84H96O12. The number of ether oxygens (including phenoxy) is 4. The van der Waals surface area contributed by atoms with Crippen molar-refractivity contribution < 1.29 is 59.8 Å². The maximum absolute atomic E-state index is 13.4. The third-order valence-corrected chi connectivity index (χ3v) is 22.7. The molecule has 0 saturated heterocycles. The van der Waals surface area contributed by atoms with Crippen molar-refractivity contribution in [3.8, 4) is 69.0 Å². The Bertz CT molecular complexity index is 3730. The van der Waals surface area contributed by atoms with Gasteiger partial charge in [-0.05, 0) is 221 Å². The van der Waals surface area contributed by atoms with Crippen molar-refractivity contribution in [3.63, 3.8) is 0 Å². The van der Waals surface area contributed by atoms with Crippen molar-refractivity contribution in [1.82, 2.24) is 0 Å². The number of rotatable bonds is 16. The molecule has 4 saturated carbocycles. The van der Waals surface area contributed by atoms with Gasteiger partial charge in [0.25, 0.3) is 0 Å². The molecule has 8 aromatic carbocycles. The number of hydrogen-bond acceptors (Lipinski definition) is 12. The molecule has 8 aromatic rings. The number of benzene rings is 8. The van der Waals surface area contributed by atoms with E-state index in [2.05, 4.69) is 27.7 Å². The summed E-state index contributed by atoms with van der Waals surface area (Å²) in [6.45, 7) is 8.95. The summed E-state index contributed by atoms with van der Waals surface area (Å²) in [6.07, 6.45) is 17.8. The van der Waals surface area contributed by atoms with E-state index in [-0.39, 0.29) is 70.4 Å². The minimum Gasteiger partial charge on any atom is -0.508 e. The first-order chi connectivity index (χ1) is 46.6. The van der Waals surface area contributed by atoms with Crippen LogP contribution in [0.3, 0.4) is 0 Å². The highest BCUT2D eigenvalue weighted by molar-refractivity contribution is 5.68. The van der Waals surface area contributed by atoms with Crippen LogP contribution in [0.4, 0.5) is 0 Å². The van der Waals surface area contributed by atoms with Crippen LogP contribution < -0.4 is 18.9 Å². The first-order valence-corrected chi connectivity index (χ1v) is 35.9. The highest BCUT2D eigenvalue weighted by Gasteiger charge is 2.39. The Labute approximate surface area is 566 Å². The van der Waals surface area contributed by atoms with Crippen LogP contribution in [0.5, 0.6) is 69.0 Å². The molecule has 8 bridgehead atoms. The van der Waals surface area contributed by atoms with Gasteiger partial charge in [-0.1, -0.05) is 102 Å². The standard InChI is InChI=1S/C84H96O12/c1-5-49-9-33-61(34-10-49)93-77-45-73(89)65-41-69(77)82(54-19-27-58(86)28-20-54)67-43-71(79(47-75(67)91)95-63-37-13-51(7-3)14-38-63)84(56-23-31-60(88)32-24-56)72-44-68(76(92)48-80(72)96-64-39-15-52(8-4)16-40-64)83(55-21-29-59(87)30-22-55)70-42-66(81(65)53-17-25-57(85)26-18-53)74(90)46-78(70)94-62-35-11-50(6-2)12-36-62/h17-32,41-52,61-64,81-92H,5-16,33-40H2,1-4H3. The number of phenolic OH excluding ortho intramolecular Hbond substituents is 8. The zero-order valence-electron chi connectivity index (χ0n) is 56.1. The molecule has 0 spiro atoms. The minimum atomic E-state index is -0.968. The molecule has 0 aromatic heterocycles. The molecule has 0 amide bonds. The van der Waals surface area contributed by atoms with Crippen LogP contribution in [0.25, 0.3) is 0 Å². The predicted molar refractivity (Wildman–Crippen MR) is 375 cm³/mol. The molecule has 96 heavy (non-hydrogen) atoms. The van der Waals surface area contributed by atoms with Gasteiger partial charge < -0.3 is 59.8 Å². The lowest BCUT2D eigenvalue weighted by Gasteiger charge is -2.34. The summed E-state index contributed by atoms with van der Waals surface area (Å²) in [5.74, 6) is 0.275. The first-order valence-electron chi connectivity index (χ1n) is 35.9. The van der Waals surface area contributed by atoms with Gasteiger partial charge in [-0.3, -0.25) is 0 Å². The molecule has 2 atom stereocenters. The van der Waals surface area contributed by atoms with Crippen LogP contribution in [0.15, 0.2) is 146 Å². The molecule has 8 N–H and O–H groups in total. The maximum atomic E-state index is 13.4. The molecule has 4 fully saturated rings. The van der Waals surface area contributed by atoms with E-state index in [1.165, 1.54) is 0 Å². The van der Waals surface area contributed by atoms with E-state index in [1.807, 2.05) is 60.7 Å². The molecule has 504 valence electrons. The van der Waals surface area contributed by atoms with E-state index in [4.69, 9.17) is 18.9 Å². The fourth-order valence-corrected chi connectivity index (χ4v) is 16.8. The van der Waals surface area contributed by atoms with Gasteiger partial charge in [0.1, 0.15) is 69.0 Å². The van der Waals surface area contributed by atoms with Crippen molar-refractivity contribution in [3.05, 3.63) is 212 Å². The highest BCUT2D eigenvalue weighted by Crippen LogP contribution is 2.56. The summed E-state index contributed by atoms with van der Waals surface area (Å²) in [5, 5.41) is 97.7. The average molecular weight is 1300 g/mol. The van der Waals surface area contributed by atoms with Crippen LogP contribution in [-0.4, -0.2) is 65.3 Å². The first kappa shape index (κ1) is 66.0. The summed E-state index contributed by atoms with van der Waals surface area (Å²) in [7, 11) is 0. The van der Waals surface area contributed by atoms with Crippen LogP contribution >= 0.6 is 0 Å². The predicted octanol–water partition coefficient (Wildman–Crippen LogP) is 19.8. The Morgan fingerprint density at radius 3 is 0.604 bits per heavy atom. The van der Waals surface area contributed by atoms with Crippen molar-refractivity contribution in [2.45, 2.75) is 204 Å². The molecule has 0 aliphatic heterocycles. The Morgan fingerprint density at radius 1 is 0.240 bits per heavy atom. The molecule has 0 radical (unpaired) electrons. The topological polar surface area (TPSA) is 199 Å². The molecular weight excluding hydrogens is 1200 g/mol. The fraction of sp³-hybridized carbons (Fsp3) is 0.429. The molecule has 5 aliphatic carbocycles. The second-order valence-electron chi connectivity index (χ2n) is 28.6. The van der Waals surface area contributed by atoms with Crippen molar-refractivity contribution >= 4 is 0 Å². The molecule has 0 heterocycles. The quantitative estimate of drug-likeness (QED) is 0.0456. The van der Waals surface area contributed by atoms with E-state index < -0.39 is 23.7 Å². The van der Waals surface area contributed by atoms with Gasteiger partial charge in [0.05, 0.1) is 24.4 Å². The van der Waals surface area contributed by atoms with Gasteiger partial charge in [-0.2, -0.15) is 0 Å².